The molecule has 0 saturated heterocycles. The predicted molar refractivity (Wildman–Crippen MR) is 65.8 cm³/mol. The summed E-state index contributed by atoms with van der Waals surface area (Å²) in [7, 11) is 0. The molecule has 0 bridgehead atoms. The number of aromatic nitrogens is 3. The molecule has 0 aliphatic carbocycles. The van der Waals surface area contributed by atoms with Crippen molar-refractivity contribution in [3.05, 3.63) is 29.6 Å². The fourth-order valence-electron chi connectivity index (χ4n) is 2.03. The SMILES string of the molecule is CC(C)c1c(C(C)(C)C)nn2ncccc12. The summed E-state index contributed by atoms with van der Waals surface area (Å²) in [5, 5.41) is 8.87. The maximum absolute atomic E-state index is 4.61. The first-order valence-corrected chi connectivity index (χ1v) is 5.75. The zero-order chi connectivity index (χ0) is 11.9. The van der Waals surface area contributed by atoms with Crippen molar-refractivity contribution in [1.29, 1.82) is 0 Å². The first-order valence-electron chi connectivity index (χ1n) is 5.75. The predicted octanol–water partition coefficient (Wildman–Crippen LogP) is 3.15. The summed E-state index contributed by atoms with van der Waals surface area (Å²) in [6, 6.07) is 4.06. The lowest BCUT2D eigenvalue weighted by molar-refractivity contribution is 0.547. The quantitative estimate of drug-likeness (QED) is 0.734. The van der Waals surface area contributed by atoms with Crippen LogP contribution in [0.15, 0.2) is 18.3 Å². The minimum Gasteiger partial charge on any atom is -0.159 e. The lowest BCUT2D eigenvalue weighted by atomic mass is 9.85. The molecule has 3 nitrogen and oxygen atoms in total. The largest absolute Gasteiger partial charge is 0.159 e. The topological polar surface area (TPSA) is 30.2 Å². The highest BCUT2D eigenvalue weighted by molar-refractivity contribution is 5.58. The summed E-state index contributed by atoms with van der Waals surface area (Å²) in [6.45, 7) is 11.0. The standard InChI is InChI=1S/C13H19N3/c1-9(2)11-10-7-6-8-14-16(10)15-12(11)13(3,4)5/h6-9H,1-5H3. The highest BCUT2D eigenvalue weighted by atomic mass is 15.4. The van der Waals surface area contributed by atoms with Crippen LogP contribution in [-0.2, 0) is 5.41 Å². The van der Waals surface area contributed by atoms with Crippen molar-refractivity contribution in [2.24, 2.45) is 0 Å². The lowest BCUT2D eigenvalue weighted by Gasteiger charge is -2.18. The van der Waals surface area contributed by atoms with E-state index in [4.69, 9.17) is 0 Å². The van der Waals surface area contributed by atoms with Crippen molar-refractivity contribution >= 4 is 5.52 Å². The van der Waals surface area contributed by atoms with E-state index in [1.54, 1.807) is 10.8 Å². The van der Waals surface area contributed by atoms with Crippen LogP contribution in [0, 0.1) is 0 Å². The van der Waals surface area contributed by atoms with Crippen molar-refractivity contribution in [2.75, 3.05) is 0 Å². The van der Waals surface area contributed by atoms with E-state index in [1.807, 2.05) is 6.07 Å². The number of fused-ring (bicyclic) bond motifs is 1. The smallest absolute Gasteiger partial charge is 0.0910 e. The molecule has 0 aromatic carbocycles. The van der Waals surface area contributed by atoms with Crippen molar-refractivity contribution < 1.29 is 0 Å². The summed E-state index contributed by atoms with van der Waals surface area (Å²) in [5.41, 5.74) is 3.66. The zero-order valence-corrected chi connectivity index (χ0v) is 10.7. The Labute approximate surface area is 96.5 Å². The van der Waals surface area contributed by atoms with Crippen LogP contribution in [0.5, 0.6) is 0 Å². The summed E-state index contributed by atoms with van der Waals surface area (Å²) < 4.78 is 1.75. The Morgan fingerprint density at radius 1 is 1.25 bits per heavy atom. The number of hydrogen-bond acceptors (Lipinski definition) is 2. The Hall–Kier alpha value is -1.38. The molecule has 86 valence electrons. The molecule has 0 N–H and O–H groups in total. The molecule has 16 heavy (non-hydrogen) atoms. The van der Waals surface area contributed by atoms with Crippen LogP contribution >= 0.6 is 0 Å². The third-order valence-corrected chi connectivity index (χ3v) is 2.75. The molecule has 0 spiro atoms. The number of hydrogen-bond donors (Lipinski definition) is 0. The second kappa shape index (κ2) is 3.58. The van der Waals surface area contributed by atoms with Gasteiger partial charge in [0.05, 0.1) is 11.2 Å². The molecule has 0 radical (unpaired) electrons. The van der Waals surface area contributed by atoms with Gasteiger partial charge in [-0.3, -0.25) is 0 Å². The summed E-state index contributed by atoms with van der Waals surface area (Å²) in [5.74, 6) is 0.468. The van der Waals surface area contributed by atoms with E-state index in [2.05, 4.69) is 50.9 Å². The Kier molecular flexibility index (Phi) is 2.49. The van der Waals surface area contributed by atoms with Gasteiger partial charge in [-0.1, -0.05) is 34.6 Å². The highest BCUT2D eigenvalue weighted by Gasteiger charge is 2.25. The van der Waals surface area contributed by atoms with Gasteiger partial charge in [0.2, 0.25) is 0 Å². The molecule has 0 aliphatic heterocycles. The third kappa shape index (κ3) is 1.70. The van der Waals surface area contributed by atoms with Gasteiger partial charge in [0.15, 0.2) is 0 Å². The molecule has 0 fully saturated rings. The average molecular weight is 217 g/mol. The zero-order valence-electron chi connectivity index (χ0n) is 10.7. The molecule has 0 aliphatic rings. The molecular weight excluding hydrogens is 198 g/mol. The molecule has 3 heteroatoms. The second-order valence-corrected chi connectivity index (χ2v) is 5.57. The number of rotatable bonds is 1. The van der Waals surface area contributed by atoms with E-state index < -0.39 is 0 Å². The minimum atomic E-state index is 0.0628. The van der Waals surface area contributed by atoms with E-state index >= 15 is 0 Å². The van der Waals surface area contributed by atoms with Crippen LogP contribution in [0.1, 0.15) is 51.8 Å². The van der Waals surface area contributed by atoms with E-state index in [1.165, 1.54) is 5.56 Å². The van der Waals surface area contributed by atoms with Gasteiger partial charge in [0.1, 0.15) is 0 Å². The average Bonchev–Trinajstić information content (AvgIpc) is 2.55. The minimum absolute atomic E-state index is 0.0628. The van der Waals surface area contributed by atoms with Crippen molar-refractivity contribution in [3.63, 3.8) is 0 Å². The van der Waals surface area contributed by atoms with Gasteiger partial charge in [-0.05, 0) is 18.1 Å². The second-order valence-electron chi connectivity index (χ2n) is 5.57. The van der Waals surface area contributed by atoms with E-state index in [0.29, 0.717) is 5.92 Å². The molecule has 2 rings (SSSR count). The summed E-state index contributed by atoms with van der Waals surface area (Å²) >= 11 is 0. The summed E-state index contributed by atoms with van der Waals surface area (Å²) in [4.78, 5) is 0. The monoisotopic (exact) mass is 217 g/mol. The first-order chi connectivity index (χ1) is 7.41. The fourth-order valence-corrected chi connectivity index (χ4v) is 2.03. The van der Waals surface area contributed by atoms with Crippen LogP contribution in [-0.4, -0.2) is 14.8 Å². The molecule has 0 unspecified atom stereocenters. The van der Waals surface area contributed by atoms with Gasteiger partial charge in [-0.15, -0.1) is 0 Å². The summed E-state index contributed by atoms with van der Waals surface area (Å²) in [6.07, 6.45) is 1.77. The molecule has 0 saturated carbocycles. The van der Waals surface area contributed by atoms with Gasteiger partial charge in [0.25, 0.3) is 0 Å². The molecule has 2 heterocycles. The Bertz CT molecular complexity index is 503. The maximum atomic E-state index is 4.61. The van der Waals surface area contributed by atoms with Crippen LogP contribution in [0.3, 0.4) is 0 Å². The third-order valence-electron chi connectivity index (χ3n) is 2.75. The fraction of sp³-hybridized carbons (Fsp3) is 0.538. The van der Waals surface area contributed by atoms with Gasteiger partial charge in [-0.25, -0.2) is 0 Å². The van der Waals surface area contributed by atoms with Crippen LogP contribution in [0.2, 0.25) is 0 Å². The Morgan fingerprint density at radius 3 is 2.50 bits per heavy atom. The maximum Gasteiger partial charge on any atom is 0.0910 e. The first kappa shape index (κ1) is 11.1. The van der Waals surface area contributed by atoms with Crippen LogP contribution in [0.4, 0.5) is 0 Å². The Morgan fingerprint density at radius 2 is 1.94 bits per heavy atom. The van der Waals surface area contributed by atoms with Crippen molar-refractivity contribution in [1.82, 2.24) is 14.8 Å². The normalized spacial score (nSPS) is 12.6. The number of nitrogens with zero attached hydrogens (tertiary/aromatic N) is 3. The van der Waals surface area contributed by atoms with E-state index in [-0.39, 0.29) is 5.41 Å². The van der Waals surface area contributed by atoms with E-state index in [9.17, 15) is 0 Å². The lowest BCUT2D eigenvalue weighted by Crippen LogP contribution is -2.15. The van der Waals surface area contributed by atoms with E-state index in [0.717, 1.165) is 11.2 Å². The van der Waals surface area contributed by atoms with Crippen LogP contribution < -0.4 is 0 Å². The molecule has 2 aromatic rings. The molecular formula is C13H19N3. The van der Waals surface area contributed by atoms with Gasteiger partial charge in [-0.2, -0.15) is 14.8 Å². The van der Waals surface area contributed by atoms with Gasteiger partial charge >= 0.3 is 0 Å². The molecule has 0 atom stereocenters. The highest BCUT2D eigenvalue weighted by Crippen LogP contribution is 2.32. The van der Waals surface area contributed by atoms with Gasteiger partial charge < -0.3 is 0 Å². The van der Waals surface area contributed by atoms with Gasteiger partial charge in [0, 0.05) is 17.2 Å². The Balaban J connectivity index is 2.78. The van der Waals surface area contributed by atoms with Crippen molar-refractivity contribution in [2.45, 2.75) is 46.0 Å². The van der Waals surface area contributed by atoms with Crippen LogP contribution in [0.25, 0.3) is 5.52 Å². The van der Waals surface area contributed by atoms with Crippen molar-refractivity contribution in [3.8, 4) is 0 Å². The molecule has 0 amide bonds. The molecule has 2 aromatic heterocycles.